The Labute approximate surface area is 87.2 Å². The lowest BCUT2D eigenvalue weighted by Crippen LogP contribution is -2.59. The number of nitrogens with zero attached hydrogens (tertiary/aromatic N) is 2. The Hall–Kier alpha value is -0.120. The first kappa shape index (κ1) is 10.4. The summed E-state index contributed by atoms with van der Waals surface area (Å²) in [4.78, 5) is 5.06. The normalized spacial score (nSPS) is 36.4. The van der Waals surface area contributed by atoms with Gasteiger partial charge >= 0.3 is 0 Å². The van der Waals surface area contributed by atoms with E-state index in [4.69, 9.17) is 5.73 Å². The second kappa shape index (κ2) is 4.17. The molecule has 0 saturated carbocycles. The molecule has 0 radical (unpaired) electrons. The van der Waals surface area contributed by atoms with Crippen LogP contribution >= 0.6 is 0 Å². The SMILES string of the molecule is CN1CCCC(CN)(N2CCC2)CC1. The molecule has 14 heavy (non-hydrogen) atoms. The van der Waals surface area contributed by atoms with Crippen molar-refractivity contribution in [1.29, 1.82) is 0 Å². The molecule has 2 N–H and O–H groups in total. The van der Waals surface area contributed by atoms with E-state index in [2.05, 4.69) is 16.8 Å². The number of nitrogens with two attached hydrogens (primary N) is 1. The van der Waals surface area contributed by atoms with Crippen molar-refractivity contribution in [2.75, 3.05) is 39.8 Å². The van der Waals surface area contributed by atoms with Crippen molar-refractivity contribution >= 4 is 0 Å². The third kappa shape index (κ3) is 1.81. The lowest BCUT2D eigenvalue weighted by molar-refractivity contribution is 0.0238. The molecule has 0 aromatic heterocycles. The van der Waals surface area contributed by atoms with E-state index >= 15 is 0 Å². The van der Waals surface area contributed by atoms with Crippen molar-refractivity contribution in [3.8, 4) is 0 Å². The Morgan fingerprint density at radius 1 is 1.07 bits per heavy atom. The van der Waals surface area contributed by atoms with Gasteiger partial charge in [-0.05, 0) is 58.9 Å². The highest BCUT2D eigenvalue weighted by atomic mass is 15.3. The van der Waals surface area contributed by atoms with Crippen molar-refractivity contribution < 1.29 is 0 Å². The summed E-state index contributed by atoms with van der Waals surface area (Å²) in [5, 5.41) is 0. The highest BCUT2D eigenvalue weighted by Gasteiger charge is 2.38. The predicted molar refractivity (Wildman–Crippen MR) is 59.3 cm³/mol. The van der Waals surface area contributed by atoms with Gasteiger partial charge in [0, 0.05) is 12.1 Å². The van der Waals surface area contributed by atoms with Crippen LogP contribution in [-0.4, -0.2) is 55.1 Å². The maximum atomic E-state index is 6.00. The fraction of sp³-hybridized carbons (Fsp3) is 1.00. The van der Waals surface area contributed by atoms with Crippen LogP contribution in [0.25, 0.3) is 0 Å². The smallest absolute Gasteiger partial charge is 0.0344 e. The van der Waals surface area contributed by atoms with Crippen molar-refractivity contribution in [3.05, 3.63) is 0 Å². The molecular formula is C11H23N3. The van der Waals surface area contributed by atoms with Crippen LogP contribution in [0, 0.1) is 0 Å². The number of likely N-dealkylation sites (tertiary alicyclic amines) is 2. The molecule has 0 bridgehead atoms. The monoisotopic (exact) mass is 197 g/mol. The molecule has 3 nitrogen and oxygen atoms in total. The van der Waals surface area contributed by atoms with Gasteiger partial charge in [-0.1, -0.05) is 0 Å². The van der Waals surface area contributed by atoms with Gasteiger partial charge in [0.25, 0.3) is 0 Å². The standard InChI is InChI=1S/C11H23N3/c1-13-6-2-4-11(10-12,5-9-13)14-7-3-8-14/h2-10,12H2,1H3. The highest BCUT2D eigenvalue weighted by Crippen LogP contribution is 2.31. The Morgan fingerprint density at radius 3 is 2.43 bits per heavy atom. The number of hydrogen-bond donors (Lipinski definition) is 1. The number of rotatable bonds is 2. The first-order valence-electron chi connectivity index (χ1n) is 5.90. The predicted octanol–water partition coefficient (Wildman–Crippen LogP) is 0.505. The zero-order chi connectivity index (χ0) is 10.0. The molecule has 1 atom stereocenters. The van der Waals surface area contributed by atoms with Crippen LogP contribution in [0.15, 0.2) is 0 Å². The maximum Gasteiger partial charge on any atom is 0.0344 e. The van der Waals surface area contributed by atoms with E-state index in [0.29, 0.717) is 5.54 Å². The van der Waals surface area contributed by atoms with Crippen LogP contribution in [0.3, 0.4) is 0 Å². The lowest BCUT2D eigenvalue weighted by Gasteiger charge is -2.48. The molecule has 3 heteroatoms. The van der Waals surface area contributed by atoms with E-state index in [1.165, 1.54) is 51.9 Å². The quantitative estimate of drug-likeness (QED) is 0.700. The Bertz CT molecular complexity index is 191. The van der Waals surface area contributed by atoms with Gasteiger partial charge in [0.15, 0.2) is 0 Å². The van der Waals surface area contributed by atoms with Gasteiger partial charge in [-0.2, -0.15) is 0 Å². The maximum absolute atomic E-state index is 6.00. The van der Waals surface area contributed by atoms with E-state index in [1.807, 2.05) is 0 Å². The minimum Gasteiger partial charge on any atom is -0.329 e. The molecule has 2 aliphatic heterocycles. The van der Waals surface area contributed by atoms with E-state index < -0.39 is 0 Å². The van der Waals surface area contributed by atoms with Crippen LogP contribution in [0.4, 0.5) is 0 Å². The summed E-state index contributed by atoms with van der Waals surface area (Å²) < 4.78 is 0. The largest absolute Gasteiger partial charge is 0.329 e. The third-order valence-electron chi connectivity index (χ3n) is 4.05. The summed E-state index contributed by atoms with van der Waals surface area (Å²) in [5.41, 5.74) is 6.35. The van der Waals surface area contributed by atoms with E-state index in [-0.39, 0.29) is 0 Å². The first-order chi connectivity index (χ1) is 6.77. The van der Waals surface area contributed by atoms with Crippen LogP contribution < -0.4 is 5.73 Å². The van der Waals surface area contributed by atoms with Crippen molar-refractivity contribution in [2.45, 2.75) is 31.2 Å². The van der Waals surface area contributed by atoms with E-state index in [9.17, 15) is 0 Å². The van der Waals surface area contributed by atoms with Crippen molar-refractivity contribution in [2.24, 2.45) is 5.73 Å². The summed E-state index contributed by atoms with van der Waals surface area (Å²) in [6.07, 6.45) is 5.25. The zero-order valence-corrected chi connectivity index (χ0v) is 9.34. The fourth-order valence-corrected chi connectivity index (χ4v) is 2.75. The number of hydrogen-bond acceptors (Lipinski definition) is 3. The summed E-state index contributed by atoms with van der Waals surface area (Å²) in [7, 11) is 2.22. The molecule has 82 valence electrons. The van der Waals surface area contributed by atoms with Crippen LogP contribution in [0.1, 0.15) is 25.7 Å². The molecule has 2 saturated heterocycles. The molecule has 2 heterocycles. The molecule has 0 spiro atoms. The molecule has 2 rings (SSSR count). The topological polar surface area (TPSA) is 32.5 Å². The Morgan fingerprint density at radius 2 is 1.86 bits per heavy atom. The van der Waals surface area contributed by atoms with Gasteiger partial charge in [0.05, 0.1) is 0 Å². The average molecular weight is 197 g/mol. The zero-order valence-electron chi connectivity index (χ0n) is 9.34. The fourth-order valence-electron chi connectivity index (χ4n) is 2.75. The molecule has 0 amide bonds. The van der Waals surface area contributed by atoms with Gasteiger partial charge in [-0.25, -0.2) is 0 Å². The van der Waals surface area contributed by atoms with Crippen LogP contribution in [0.2, 0.25) is 0 Å². The van der Waals surface area contributed by atoms with Crippen molar-refractivity contribution in [1.82, 2.24) is 9.80 Å². The third-order valence-corrected chi connectivity index (χ3v) is 4.05. The minimum atomic E-state index is 0.350. The Balaban J connectivity index is 2.02. The van der Waals surface area contributed by atoms with Crippen molar-refractivity contribution in [3.63, 3.8) is 0 Å². The Kier molecular flexibility index (Phi) is 3.10. The summed E-state index contributed by atoms with van der Waals surface area (Å²) in [6.45, 7) is 5.87. The van der Waals surface area contributed by atoms with E-state index in [1.54, 1.807) is 0 Å². The summed E-state index contributed by atoms with van der Waals surface area (Å²) in [5.74, 6) is 0. The first-order valence-corrected chi connectivity index (χ1v) is 5.90. The molecule has 0 aliphatic carbocycles. The van der Waals surface area contributed by atoms with E-state index in [0.717, 1.165) is 6.54 Å². The van der Waals surface area contributed by atoms with Crippen LogP contribution in [0.5, 0.6) is 0 Å². The van der Waals surface area contributed by atoms with Gasteiger partial charge < -0.3 is 10.6 Å². The molecular weight excluding hydrogens is 174 g/mol. The lowest BCUT2D eigenvalue weighted by atomic mass is 9.86. The molecule has 2 aliphatic rings. The average Bonchev–Trinajstić information content (AvgIpc) is 2.27. The summed E-state index contributed by atoms with van der Waals surface area (Å²) in [6, 6.07) is 0. The molecule has 0 aromatic rings. The van der Waals surface area contributed by atoms with Gasteiger partial charge in [-0.3, -0.25) is 4.90 Å². The van der Waals surface area contributed by atoms with Gasteiger partial charge in [0.2, 0.25) is 0 Å². The minimum absolute atomic E-state index is 0.350. The molecule has 0 aromatic carbocycles. The molecule has 2 fully saturated rings. The second-order valence-corrected chi connectivity index (χ2v) is 4.93. The highest BCUT2D eigenvalue weighted by molar-refractivity contribution is 4.97. The molecule has 1 unspecified atom stereocenters. The van der Waals surface area contributed by atoms with Gasteiger partial charge in [0.1, 0.15) is 0 Å². The summed E-state index contributed by atoms with van der Waals surface area (Å²) >= 11 is 0. The van der Waals surface area contributed by atoms with Crippen LogP contribution in [-0.2, 0) is 0 Å². The van der Waals surface area contributed by atoms with Gasteiger partial charge in [-0.15, -0.1) is 0 Å². The second-order valence-electron chi connectivity index (χ2n) is 4.93.